The van der Waals surface area contributed by atoms with Crippen molar-refractivity contribution in [2.45, 2.75) is 20.0 Å². The zero-order valence-electron chi connectivity index (χ0n) is 9.98. The van der Waals surface area contributed by atoms with Gasteiger partial charge in [-0.1, -0.05) is 22.0 Å². The van der Waals surface area contributed by atoms with Gasteiger partial charge in [-0.25, -0.2) is 0 Å². The Morgan fingerprint density at radius 3 is 2.71 bits per heavy atom. The second kappa shape index (κ2) is 6.02. The fraction of sp³-hybridized carbons (Fsp3) is 0.417. The van der Waals surface area contributed by atoms with E-state index >= 15 is 0 Å². The molecule has 0 spiro atoms. The Hall–Kier alpha value is -1.07. The summed E-state index contributed by atoms with van der Waals surface area (Å²) in [6.45, 7) is 4.44. The summed E-state index contributed by atoms with van der Waals surface area (Å²) in [5.41, 5.74) is 6.83. The van der Waals surface area contributed by atoms with E-state index in [1.165, 1.54) is 0 Å². The highest BCUT2D eigenvalue weighted by atomic mass is 79.9. The molecule has 0 heterocycles. The predicted molar refractivity (Wildman–Crippen MR) is 71.9 cm³/mol. The average Bonchev–Trinajstić information content (AvgIpc) is 2.25. The van der Waals surface area contributed by atoms with Crippen molar-refractivity contribution < 1.29 is 9.90 Å². The fourth-order valence-electron chi connectivity index (χ4n) is 1.70. The lowest BCUT2D eigenvalue weighted by Crippen LogP contribution is -2.34. The van der Waals surface area contributed by atoms with Crippen LogP contribution >= 0.6 is 15.9 Å². The van der Waals surface area contributed by atoms with Gasteiger partial charge in [0.1, 0.15) is 0 Å². The minimum atomic E-state index is -0.583. The van der Waals surface area contributed by atoms with Gasteiger partial charge in [0.25, 0.3) is 0 Å². The minimum Gasteiger partial charge on any atom is -0.389 e. The molecule has 1 amide bonds. The van der Waals surface area contributed by atoms with Gasteiger partial charge in [0, 0.05) is 22.3 Å². The molecule has 0 aliphatic heterocycles. The maximum atomic E-state index is 11.0. The van der Waals surface area contributed by atoms with E-state index in [-0.39, 0.29) is 12.5 Å². The van der Waals surface area contributed by atoms with Crippen molar-refractivity contribution in [1.29, 1.82) is 0 Å². The van der Waals surface area contributed by atoms with Crippen LogP contribution in [0.3, 0.4) is 0 Å². The van der Waals surface area contributed by atoms with Crippen molar-refractivity contribution in [3.05, 3.63) is 28.2 Å². The van der Waals surface area contributed by atoms with Crippen LogP contribution in [-0.4, -0.2) is 24.1 Å². The number of aliphatic hydroxyl groups excluding tert-OH is 1. The van der Waals surface area contributed by atoms with Gasteiger partial charge in [-0.05, 0) is 26.0 Å². The topological polar surface area (TPSA) is 66.6 Å². The first-order valence-electron chi connectivity index (χ1n) is 5.46. The Balaban J connectivity index is 3.15. The summed E-state index contributed by atoms with van der Waals surface area (Å²) in [4.78, 5) is 12.9. The molecule has 1 aromatic carbocycles. The highest BCUT2D eigenvalue weighted by Crippen LogP contribution is 2.29. The number of nitrogens with zero attached hydrogens (tertiary/aromatic N) is 1. The third-order valence-electron chi connectivity index (χ3n) is 2.51. The van der Waals surface area contributed by atoms with E-state index in [1.807, 2.05) is 30.0 Å². The molecule has 0 aliphatic carbocycles. The third kappa shape index (κ3) is 3.71. The number of anilines is 1. The number of nitrogens with two attached hydrogens (primary N) is 1. The SMILES string of the molecule is CCN(CC(N)=O)c1cc(Br)ccc1C(C)O. The number of hydrogen-bond acceptors (Lipinski definition) is 3. The first-order valence-corrected chi connectivity index (χ1v) is 6.25. The number of primary amides is 1. The molecule has 1 rings (SSSR count). The van der Waals surface area contributed by atoms with Crippen molar-refractivity contribution in [2.75, 3.05) is 18.0 Å². The van der Waals surface area contributed by atoms with Crippen LogP contribution in [0.5, 0.6) is 0 Å². The fourth-order valence-corrected chi connectivity index (χ4v) is 2.05. The number of benzene rings is 1. The van der Waals surface area contributed by atoms with Crippen LogP contribution in [0.25, 0.3) is 0 Å². The molecule has 0 bridgehead atoms. The van der Waals surface area contributed by atoms with Crippen LogP contribution in [0.1, 0.15) is 25.5 Å². The molecule has 17 heavy (non-hydrogen) atoms. The maximum Gasteiger partial charge on any atom is 0.236 e. The zero-order valence-corrected chi connectivity index (χ0v) is 11.6. The Kier molecular flexibility index (Phi) is 4.96. The Labute approximate surface area is 110 Å². The van der Waals surface area contributed by atoms with E-state index in [0.717, 1.165) is 15.7 Å². The maximum absolute atomic E-state index is 11.0. The van der Waals surface area contributed by atoms with Gasteiger partial charge < -0.3 is 15.7 Å². The normalized spacial score (nSPS) is 12.2. The third-order valence-corrected chi connectivity index (χ3v) is 3.00. The molecular formula is C12H17BrN2O2. The molecule has 5 heteroatoms. The molecular weight excluding hydrogens is 284 g/mol. The number of hydrogen-bond donors (Lipinski definition) is 2. The van der Waals surface area contributed by atoms with Gasteiger partial charge in [-0.3, -0.25) is 4.79 Å². The molecule has 3 N–H and O–H groups in total. The van der Waals surface area contributed by atoms with Crippen molar-refractivity contribution in [2.24, 2.45) is 5.73 Å². The van der Waals surface area contributed by atoms with Crippen molar-refractivity contribution >= 4 is 27.5 Å². The summed E-state index contributed by atoms with van der Waals surface area (Å²) in [6, 6.07) is 5.59. The van der Waals surface area contributed by atoms with Crippen LogP contribution in [0.4, 0.5) is 5.69 Å². The van der Waals surface area contributed by atoms with E-state index in [9.17, 15) is 9.90 Å². The van der Waals surface area contributed by atoms with Crippen molar-refractivity contribution in [3.63, 3.8) is 0 Å². The van der Waals surface area contributed by atoms with Crippen LogP contribution in [0.2, 0.25) is 0 Å². The van der Waals surface area contributed by atoms with Gasteiger partial charge >= 0.3 is 0 Å². The second-order valence-corrected chi connectivity index (χ2v) is 4.78. The monoisotopic (exact) mass is 300 g/mol. The summed E-state index contributed by atoms with van der Waals surface area (Å²) in [7, 11) is 0. The lowest BCUT2D eigenvalue weighted by Gasteiger charge is -2.25. The molecule has 0 saturated carbocycles. The molecule has 4 nitrogen and oxygen atoms in total. The number of amides is 1. The summed E-state index contributed by atoms with van der Waals surface area (Å²) >= 11 is 3.38. The molecule has 0 aromatic heterocycles. The number of carbonyl (C=O) groups is 1. The van der Waals surface area contributed by atoms with Gasteiger partial charge in [0.15, 0.2) is 0 Å². The number of likely N-dealkylation sites (N-methyl/N-ethyl adjacent to an activating group) is 1. The summed E-state index contributed by atoms with van der Waals surface area (Å²) in [6.07, 6.45) is -0.583. The van der Waals surface area contributed by atoms with E-state index in [0.29, 0.717) is 6.54 Å². The molecule has 94 valence electrons. The van der Waals surface area contributed by atoms with Gasteiger partial charge in [-0.15, -0.1) is 0 Å². The summed E-state index contributed by atoms with van der Waals surface area (Å²) in [5, 5.41) is 9.72. The molecule has 0 radical (unpaired) electrons. The van der Waals surface area contributed by atoms with Gasteiger partial charge in [-0.2, -0.15) is 0 Å². The molecule has 0 saturated heterocycles. The first kappa shape index (κ1) is 14.0. The first-order chi connectivity index (χ1) is 7.95. The lowest BCUT2D eigenvalue weighted by molar-refractivity contribution is -0.116. The Bertz CT molecular complexity index is 407. The van der Waals surface area contributed by atoms with Crippen LogP contribution < -0.4 is 10.6 Å². The van der Waals surface area contributed by atoms with Crippen LogP contribution in [-0.2, 0) is 4.79 Å². The quantitative estimate of drug-likeness (QED) is 0.871. The van der Waals surface area contributed by atoms with Gasteiger partial charge in [0.05, 0.1) is 12.6 Å². The van der Waals surface area contributed by atoms with Crippen LogP contribution in [0.15, 0.2) is 22.7 Å². The molecule has 1 aromatic rings. The largest absolute Gasteiger partial charge is 0.389 e. The summed E-state index contributed by atoms with van der Waals surface area (Å²) in [5.74, 6) is -0.386. The van der Waals surface area contributed by atoms with E-state index < -0.39 is 6.10 Å². The molecule has 0 fully saturated rings. The highest BCUT2D eigenvalue weighted by Gasteiger charge is 2.15. The minimum absolute atomic E-state index is 0.146. The lowest BCUT2D eigenvalue weighted by atomic mass is 10.1. The van der Waals surface area contributed by atoms with E-state index in [2.05, 4.69) is 15.9 Å². The average molecular weight is 301 g/mol. The van der Waals surface area contributed by atoms with E-state index in [4.69, 9.17) is 5.73 Å². The standard InChI is InChI=1S/C12H17BrN2O2/c1-3-15(7-12(14)17)11-6-9(13)4-5-10(11)8(2)16/h4-6,8,16H,3,7H2,1-2H3,(H2,14,17). The Morgan fingerprint density at radius 2 is 2.24 bits per heavy atom. The number of rotatable bonds is 5. The zero-order chi connectivity index (χ0) is 13.0. The smallest absolute Gasteiger partial charge is 0.236 e. The molecule has 1 unspecified atom stereocenters. The molecule has 1 atom stereocenters. The predicted octanol–water partition coefficient (Wildman–Crippen LogP) is 1.81. The van der Waals surface area contributed by atoms with Crippen molar-refractivity contribution in [1.82, 2.24) is 0 Å². The van der Waals surface area contributed by atoms with Crippen LogP contribution in [0, 0.1) is 0 Å². The van der Waals surface area contributed by atoms with Gasteiger partial charge in [0.2, 0.25) is 5.91 Å². The second-order valence-electron chi connectivity index (χ2n) is 3.86. The number of halogens is 1. The van der Waals surface area contributed by atoms with E-state index in [1.54, 1.807) is 6.92 Å². The number of aliphatic hydroxyl groups is 1. The highest BCUT2D eigenvalue weighted by molar-refractivity contribution is 9.10. The number of carbonyl (C=O) groups excluding carboxylic acids is 1. The molecule has 0 aliphatic rings. The summed E-state index contributed by atoms with van der Waals surface area (Å²) < 4.78 is 0.903. The van der Waals surface area contributed by atoms with Crippen molar-refractivity contribution in [3.8, 4) is 0 Å². The Morgan fingerprint density at radius 1 is 1.59 bits per heavy atom.